The molecule has 4 N–H and O–H groups in total. The number of carbonyl (C=O) groups excluding carboxylic acids is 2. The molecule has 9 nitrogen and oxygen atoms in total. The fraction of sp³-hybridized carbons (Fsp3) is 0.200. The molecule has 0 aliphatic rings. The third-order valence-electron chi connectivity index (χ3n) is 5.43. The number of anilines is 3. The third-order valence-corrected chi connectivity index (χ3v) is 5.43. The molecule has 0 radical (unpaired) electrons. The normalized spacial score (nSPS) is 11.0. The van der Waals surface area contributed by atoms with Gasteiger partial charge in [0.25, 0.3) is 0 Å². The molecule has 9 heteroatoms. The molecule has 0 spiro atoms. The van der Waals surface area contributed by atoms with E-state index in [1.54, 1.807) is 36.5 Å². The van der Waals surface area contributed by atoms with Crippen LogP contribution >= 0.6 is 0 Å². The lowest BCUT2D eigenvalue weighted by atomic mass is 10.0. The maximum Gasteiger partial charge on any atom is 0.323 e. The van der Waals surface area contributed by atoms with E-state index in [1.165, 1.54) is 13.4 Å². The Hall–Kier alpha value is -4.40. The van der Waals surface area contributed by atoms with Crippen LogP contribution in [0.1, 0.15) is 41.4 Å². The predicted octanol–water partition coefficient (Wildman–Crippen LogP) is 4.79. The number of hydrogen-bond acceptors (Lipinski definition) is 6. The molecular formula is C25H26N6O3. The Kier molecular flexibility index (Phi) is 6.18. The number of ether oxygens (including phenoxy) is 1. The van der Waals surface area contributed by atoms with Gasteiger partial charge in [0.15, 0.2) is 5.78 Å². The van der Waals surface area contributed by atoms with Gasteiger partial charge in [0, 0.05) is 23.5 Å². The monoisotopic (exact) mass is 458 g/mol. The van der Waals surface area contributed by atoms with Crippen LogP contribution in [0.2, 0.25) is 0 Å². The second-order valence-corrected chi connectivity index (χ2v) is 8.19. The first-order valence-electron chi connectivity index (χ1n) is 10.8. The zero-order chi connectivity index (χ0) is 24.4. The Bertz CT molecular complexity index is 1390. The maximum atomic E-state index is 13.4. The van der Waals surface area contributed by atoms with Crippen LogP contribution in [0.5, 0.6) is 5.75 Å². The number of benzene rings is 2. The molecule has 2 aromatic heterocycles. The molecule has 0 saturated heterocycles. The number of nitrogen functional groups attached to an aromatic ring is 1. The van der Waals surface area contributed by atoms with E-state index in [1.807, 2.05) is 37.5 Å². The number of nitrogens with one attached hydrogen (secondary N) is 2. The highest BCUT2D eigenvalue weighted by Crippen LogP contribution is 2.29. The van der Waals surface area contributed by atoms with Gasteiger partial charge in [-0.3, -0.25) is 4.79 Å². The summed E-state index contributed by atoms with van der Waals surface area (Å²) in [4.78, 5) is 34.4. The van der Waals surface area contributed by atoms with Crippen molar-refractivity contribution in [3.63, 3.8) is 0 Å². The van der Waals surface area contributed by atoms with Crippen LogP contribution < -0.4 is 21.1 Å². The topological polar surface area (TPSA) is 124 Å². The van der Waals surface area contributed by atoms with Gasteiger partial charge in [-0.25, -0.2) is 14.8 Å². The van der Waals surface area contributed by atoms with Gasteiger partial charge in [0.05, 0.1) is 23.7 Å². The van der Waals surface area contributed by atoms with Crippen molar-refractivity contribution < 1.29 is 14.3 Å². The fourth-order valence-electron chi connectivity index (χ4n) is 3.77. The molecule has 34 heavy (non-hydrogen) atoms. The fourth-order valence-corrected chi connectivity index (χ4v) is 3.77. The highest BCUT2D eigenvalue weighted by atomic mass is 16.5. The van der Waals surface area contributed by atoms with Gasteiger partial charge in [-0.1, -0.05) is 18.2 Å². The number of nitrogens with two attached hydrogens (primary N) is 1. The van der Waals surface area contributed by atoms with Crippen LogP contribution in [0.15, 0.2) is 55.0 Å². The van der Waals surface area contributed by atoms with Crippen LogP contribution in [0.3, 0.4) is 0 Å². The lowest BCUT2D eigenvalue weighted by Gasteiger charge is -2.12. The first-order valence-corrected chi connectivity index (χ1v) is 10.8. The van der Waals surface area contributed by atoms with Gasteiger partial charge in [0.1, 0.15) is 23.5 Å². The SMILES string of the molecule is COc1ccc(C)cc1NC(=O)Nc1cccc(C(=O)c2cn(C(C)C)c3ncnc(N)c23)c1. The number of carbonyl (C=O) groups is 2. The number of methoxy groups -OCH3 is 1. The maximum absolute atomic E-state index is 13.4. The lowest BCUT2D eigenvalue weighted by molar-refractivity contribution is 0.104. The molecule has 0 saturated carbocycles. The number of hydrogen-bond donors (Lipinski definition) is 3. The molecule has 0 fully saturated rings. The molecular weight excluding hydrogens is 432 g/mol. The largest absolute Gasteiger partial charge is 0.495 e. The van der Waals surface area contributed by atoms with Crippen molar-refractivity contribution in [2.24, 2.45) is 0 Å². The van der Waals surface area contributed by atoms with E-state index >= 15 is 0 Å². The Labute approximate surface area is 197 Å². The summed E-state index contributed by atoms with van der Waals surface area (Å²) in [6.07, 6.45) is 3.14. The van der Waals surface area contributed by atoms with Gasteiger partial charge >= 0.3 is 6.03 Å². The van der Waals surface area contributed by atoms with Crippen molar-refractivity contribution in [3.8, 4) is 5.75 Å². The second-order valence-electron chi connectivity index (χ2n) is 8.19. The van der Waals surface area contributed by atoms with E-state index in [9.17, 15) is 9.59 Å². The highest BCUT2D eigenvalue weighted by molar-refractivity contribution is 6.18. The molecule has 0 aliphatic heterocycles. The van der Waals surface area contributed by atoms with Gasteiger partial charge in [-0.2, -0.15) is 0 Å². The minimum atomic E-state index is -0.456. The summed E-state index contributed by atoms with van der Waals surface area (Å²) in [5.74, 6) is 0.551. The van der Waals surface area contributed by atoms with Crippen molar-refractivity contribution in [3.05, 3.63) is 71.7 Å². The van der Waals surface area contributed by atoms with E-state index < -0.39 is 6.03 Å². The summed E-state index contributed by atoms with van der Waals surface area (Å²) in [6.45, 7) is 5.92. The number of aryl methyl sites for hydroxylation is 1. The van der Waals surface area contributed by atoms with Gasteiger partial charge < -0.3 is 25.7 Å². The molecule has 2 heterocycles. The van der Waals surface area contributed by atoms with Crippen molar-refractivity contribution in [2.45, 2.75) is 26.8 Å². The Morgan fingerprint density at radius 3 is 2.62 bits per heavy atom. The second kappa shape index (κ2) is 9.22. The number of rotatable bonds is 6. The minimum Gasteiger partial charge on any atom is -0.495 e. The van der Waals surface area contributed by atoms with Gasteiger partial charge in [-0.05, 0) is 50.6 Å². The number of amides is 2. The van der Waals surface area contributed by atoms with E-state index in [0.29, 0.717) is 39.3 Å². The number of urea groups is 1. The molecule has 0 bridgehead atoms. The molecule has 0 unspecified atom stereocenters. The quantitative estimate of drug-likeness (QED) is 0.357. The first kappa shape index (κ1) is 22.8. The zero-order valence-corrected chi connectivity index (χ0v) is 19.4. The number of fused-ring (bicyclic) bond motifs is 1. The molecule has 0 atom stereocenters. The minimum absolute atomic E-state index is 0.0775. The van der Waals surface area contributed by atoms with Crippen LogP contribution in [0.25, 0.3) is 11.0 Å². The average molecular weight is 459 g/mol. The summed E-state index contributed by atoms with van der Waals surface area (Å²) in [5, 5.41) is 6.07. The van der Waals surface area contributed by atoms with Gasteiger partial charge in [0.2, 0.25) is 0 Å². The Morgan fingerprint density at radius 1 is 1.09 bits per heavy atom. The first-order chi connectivity index (χ1) is 16.3. The van der Waals surface area contributed by atoms with Crippen molar-refractivity contribution >= 4 is 40.0 Å². The number of ketones is 1. The van der Waals surface area contributed by atoms with E-state index in [2.05, 4.69) is 20.6 Å². The zero-order valence-electron chi connectivity index (χ0n) is 19.4. The van der Waals surface area contributed by atoms with Gasteiger partial charge in [-0.15, -0.1) is 0 Å². The predicted molar refractivity (Wildman–Crippen MR) is 133 cm³/mol. The molecule has 4 rings (SSSR count). The van der Waals surface area contributed by atoms with Crippen molar-refractivity contribution in [1.29, 1.82) is 0 Å². The number of aromatic nitrogens is 3. The van der Waals surface area contributed by atoms with Crippen molar-refractivity contribution in [1.82, 2.24) is 14.5 Å². The summed E-state index contributed by atoms with van der Waals surface area (Å²) >= 11 is 0. The molecule has 0 aliphatic carbocycles. The van der Waals surface area contributed by atoms with Crippen LogP contribution in [0.4, 0.5) is 22.0 Å². The Balaban J connectivity index is 1.61. The summed E-state index contributed by atoms with van der Waals surface area (Å²) in [6, 6.07) is 11.8. The summed E-state index contributed by atoms with van der Waals surface area (Å²) in [7, 11) is 1.54. The number of nitrogens with zero attached hydrogens (tertiary/aromatic N) is 3. The van der Waals surface area contributed by atoms with E-state index in [-0.39, 0.29) is 17.6 Å². The third kappa shape index (κ3) is 4.40. The highest BCUT2D eigenvalue weighted by Gasteiger charge is 2.21. The molecule has 174 valence electrons. The smallest absolute Gasteiger partial charge is 0.323 e. The van der Waals surface area contributed by atoms with Crippen LogP contribution in [-0.2, 0) is 0 Å². The van der Waals surface area contributed by atoms with Crippen LogP contribution in [-0.4, -0.2) is 33.5 Å². The van der Waals surface area contributed by atoms with E-state index in [4.69, 9.17) is 10.5 Å². The molecule has 4 aromatic rings. The average Bonchev–Trinajstić information content (AvgIpc) is 3.20. The standard InChI is InChI=1S/C25H26N6O3/c1-14(2)31-12-18(21-23(26)27-13-28-24(21)31)22(32)16-6-5-7-17(11-16)29-25(33)30-19-10-15(3)8-9-20(19)34-4/h5-14H,1-4H3,(H2,26,27,28)(H2,29,30,33). The van der Waals surface area contributed by atoms with E-state index in [0.717, 1.165) is 5.56 Å². The summed E-state index contributed by atoms with van der Waals surface area (Å²) in [5.41, 5.74) is 9.50. The molecule has 2 amide bonds. The van der Waals surface area contributed by atoms with Crippen molar-refractivity contribution in [2.75, 3.05) is 23.5 Å². The summed E-state index contributed by atoms with van der Waals surface area (Å²) < 4.78 is 7.20. The van der Waals surface area contributed by atoms with Crippen LogP contribution in [0, 0.1) is 6.92 Å². The Morgan fingerprint density at radius 2 is 1.88 bits per heavy atom. The molecule has 2 aromatic carbocycles. The lowest BCUT2D eigenvalue weighted by Crippen LogP contribution is -2.20.